The van der Waals surface area contributed by atoms with Crippen LogP contribution < -0.4 is 4.74 Å². The fraction of sp³-hybridized carbons (Fsp3) is 0.486. The summed E-state index contributed by atoms with van der Waals surface area (Å²) in [7, 11) is 0. The summed E-state index contributed by atoms with van der Waals surface area (Å²) in [6, 6.07) is 25.9. The van der Waals surface area contributed by atoms with E-state index in [0.29, 0.717) is 6.61 Å². The first-order valence-corrected chi connectivity index (χ1v) is 14.8. The number of ether oxygens (including phenoxy) is 2. The second-order valence-electron chi connectivity index (χ2n) is 10.2. The topological polar surface area (TPSA) is 18.5 Å². The largest absolute Gasteiger partial charge is 0.494 e. The molecule has 0 amide bonds. The molecule has 1 unspecified atom stereocenters. The fourth-order valence-electron chi connectivity index (χ4n) is 4.94. The van der Waals surface area contributed by atoms with Gasteiger partial charge in [-0.25, -0.2) is 0 Å². The highest BCUT2D eigenvalue weighted by molar-refractivity contribution is 5.83. The summed E-state index contributed by atoms with van der Waals surface area (Å²) in [5.74, 6) is 0.912. The van der Waals surface area contributed by atoms with E-state index in [1.165, 1.54) is 92.0 Å². The number of hydrogen-bond acceptors (Lipinski definition) is 2. The lowest BCUT2D eigenvalue weighted by Crippen LogP contribution is -2.02. The monoisotopic (exact) mass is 500 g/mol. The number of rotatable bonds is 18. The van der Waals surface area contributed by atoms with Crippen molar-refractivity contribution in [3.8, 4) is 28.0 Å². The molecule has 0 saturated carbocycles. The molecule has 3 aromatic rings. The lowest BCUT2D eigenvalue weighted by Gasteiger charge is -2.15. The van der Waals surface area contributed by atoms with E-state index >= 15 is 0 Å². The van der Waals surface area contributed by atoms with E-state index in [1.807, 2.05) is 19.1 Å². The zero-order valence-electron chi connectivity index (χ0n) is 23.5. The van der Waals surface area contributed by atoms with Gasteiger partial charge in [-0.1, -0.05) is 132 Å². The van der Waals surface area contributed by atoms with Gasteiger partial charge in [0.05, 0.1) is 12.7 Å². The third-order valence-corrected chi connectivity index (χ3v) is 7.21. The van der Waals surface area contributed by atoms with Gasteiger partial charge in [0.15, 0.2) is 0 Å². The minimum Gasteiger partial charge on any atom is -0.494 e. The highest BCUT2D eigenvalue weighted by atomic mass is 16.5. The molecule has 0 saturated heterocycles. The number of benzene rings is 3. The molecule has 2 nitrogen and oxygen atoms in total. The Morgan fingerprint density at radius 1 is 0.568 bits per heavy atom. The van der Waals surface area contributed by atoms with Crippen molar-refractivity contribution in [2.75, 3.05) is 13.2 Å². The van der Waals surface area contributed by atoms with Gasteiger partial charge in [-0.2, -0.15) is 0 Å². The Morgan fingerprint density at radius 2 is 1.05 bits per heavy atom. The van der Waals surface area contributed by atoms with E-state index in [-0.39, 0.29) is 6.10 Å². The predicted molar refractivity (Wildman–Crippen MR) is 159 cm³/mol. The van der Waals surface area contributed by atoms with Gasteiger partial charge in [0.25, 0.3) is 0 Å². The molecule has 0 bridgehead atoms. The summed E-state index contributed by atoms with van der Waals surface area (Å²) >= 11 is 0. The first-order chi connectivity index (χ1) is 18.2. The summed E-state index contributed by atoms with van der Waals surface area (Å²) in [6.45, 7) is 8.00. The van der Waals surface area contributed by atoms with E-state index in [1.54, 1.807) is 0 Å². The molecule has 200 valence electrons. The van der Waals surface area contributed by atoms with Crippen LogP contribution in [-0.4, -0.2) is 13.2 Å². The predicted octanol–water partition coefficient (Wildman–Crippen LogP) is 10.8. The molecule has 0 fully saturated rings. The van der Waals surface area contributed by atoms with Crippen molar-refractivity contribution in [1.82, 2.24) is 0 Å². The Labute approximate surface area is 226 Å². The molecule has 3 aromatic carbocycles. The second-order valence-corrected chi connectivity index (χ2v) is 10.2. The molecule has 37 heavy (non-hydrogen) atoms. The standard InChI is InChI=1S/C35H48O2/c1-4-6-7-8-9-10-11-12-13-14-17-28-37-29(3)30-20-22-31(23-21-30)34-18-15-16-19-35(34)32-24-26-33(27-25-32)36-5-2/h15-16,18-27,29H,4-14,17,28H2,1-3H3. The number of unbranched alkanes of at least 4 members (excludes halogenated alkanes) is 10. The smallest absolute Gasteiger partial charge is 0.119 e. The van der Waals surface area contributed by atoms with Crippen molar-refractivity contribution in [1.29, 1.82) is 0 Å². The highest BCUT2D eigenvalue weighted by Crippen LogP contribution is 2.33. The van der Waals surface area contributed by atoms with E-state index in [0.717, 1.165) is 18.8 Å². The van der Waals surface area contributed by atoms with Crippen LogP contribution in [0, 0.1) is 0 Å². The Hall–Kier alpha value is -2.58. The molecule has 3 rings (SSSR count). The summed E-state index contributed by atoms with van der Waals surface area (Å²) in [5, 5.41) is 0. The lowest BCUT2D eigenvalue weighted by molar-refractivity contribution is 0.0627. The third-order valence-electron chi connectivity index (χ3n) is 7.21. The van der Waals surface area contributed by atoms with Crippen LogP contribution in [0.25, 0.3) is 22.3 Å². The van der Waals surface area contributed by atoms with Gasteiger partial charge in [0.1, 0.15) is 5.75 Å². The maximum atomic E-state index is 6.17. The fourth-order valence-corrected chi connectivity index (χ4v) is 4.94. The minimum absolute atomic E-state index is 0.124. The van der Waals surface area contributed by atoms with Crippen LogP contribution >= 0.6 is 0 Å². The van der Waals surface area contributed by atoms with Crippen LogP contribution in [0.2, 0.25) is 0 Å². The third kappa shape index (κ3) is 10.0. The molecular formula is C35H48O2. The van der Waals surface area contributed by atoms with Crippen LogP contribution in [0.1, 0.15) is 103 Å². The van der Waals surface area contributed by atoms with Crippen LogP contribution in [0.15, 0.2) is 72.8 Å². The molecule has 0 aliphatic heterocycles. The summed E-state index contributed by atoms with van der Waals surface area (Å²) < 4.78 is 11.8. The zero-order valence-corrected chi connectivity index (χ0v) is 23.5. The van der Waals surface area contributed by atoms with Gasteiger partial charge in [0.2, 0.25) is 0 Å². The molecule has 0 aromatic heterocycles. The van der Waals surface area contributed by atoms with Gasteiger partial charge < -0.3 is 9.47 Å². The van der Waals surface area contributed by atoms with E-state index in [9.17, 15) is 0 Å². The van der Waals surface area contributed by atoms with Crippen LogP contribution in [0.3, 0.4) is 0 Å². The van der Waals surface area contributed by atoms with E-state index < -0.39 is 0 Å². The minimum atomic E-state index is 0.124. The van der Waals surface area contributed by atoms with Crippen molar-refractivity contribution in [2.24, 2.45) is 0 Å². The molecule has 0 heterocycles. The van der Waals surface area contributed by atoms with Gasteiger partial charge >= 0.3 is 0 Å². The van der Waals surface area contributed by atoms with Crippen LogP contribution in [0.4, 0.5) is 0 Å². The maximum absolute atomic E-state index is 6.17. The lowest BCUT2D eigenvalue weighted by atomic mass is 9.94. The van der Waals surface area contributed by atoms with Crippen molar-refractivity contribution >= 4 is 0 Å². The van der Waals surface area contributed by atoms with Gasteiger partial charge in [0, 0.05) is 6.61 Å². The van der Waals surface area contributed by atoms with Crippen LogP contribution in [-0.2, 0) is 4.74 Å². The quantitative estimate of drug-likeness (QED) is 0.162. The molecule has 0 N–H and O–H groups in total. The Bertz CT molecular complexity index is 991. The Kier molecular flexibility index (Phi) is 13.3. The second kappa shape index (κ2) is 17.0. The van der Waals surface area contributed by atoms with Crippen molar-refractivity contribution in [3.05, 3.63) is 78.4 Å². The van der Waals surface area contributed by atoms with Gasteiger partial charge in [-0.05, 0) is 60.2 Å². The Balaban J connectivity index is 1.42. The normalized spacial score (nSPS) is 12.0. The van der Waals surface area contributed by atoms with E-state index in [2.05, 4.69) is 74.5 Å². The maximum Gasteiger partial charge on any atom is 0.119 e. The molecular weight excluding hydrogens is 452 g/mol. The molecule has 0 aliphatic rings. The van der Waals surface area contributed by atoms with E-state index in [4.69, 9.17) is 9.47 Å². The Morgan fingerprint density at radius 3 is 1.57 bits per heavy atom. The first-order valence-electron chi connectivity index (χ1n) is 14.8. The molecule has 0 aliphatic carbocycles. The van der Waals surface area contributed by atoms with Crippen molar-refractivity contribution in [3.63, 3.8) is 0 Å². The van der Waals surface area contributed by atoms with Gasteiger partial charge in [-0.15, -0.1) is 0 Å². The molecule has 2 heteroatoms. The first kappa shape index (κ1) is 29.0. The highest BCUT2D eigenvalue weighted by Gasteiger charge is 2.10. The molecule has 0 spiro atoms. The SMILES string of the molecule is CCCCCCCCCCCCCOC(C)c1ccc(-c2ccccc2-c2ccc(OCC)cc2)cc1. The summed E-state index contributed by atoms with van der Waals surface area (Å²) in [5.41, 5.74) is 6.15. The van der Waals surface area contributed by atoms with Crippen molar-refractivity contribution < 1.29 is 9.47 Å². The summed E-state index contributed by atoms with van der Waals surface area (Å²) in [4.78, 5) is 0. The van der Waals surface area contributed by atoms with Crippen LogP contribution in [0.5, 0.6) is 5.75 Å². The van der Waals surface area contributed by atoms with Crippen molar-refractivity contribution in [2.45, 2.75) is 97.5 Å². The van der Waals surface area contributed by atoms with Gasteiger partial charge in [-0.3, -0.25) is 0 Å². The molecule has 0 radical (unpaired) electrons. The number of hydrogen-bond donors (Lipinski definition) is 0. The average molecular weight is 501 g/mol. The molecule has 1 atom stereocenters. The average Bonchev–Trinajstić information content (AvgIpc) is 2.94. The summed E-state index contributed by atoms with van der Waals surface area (Å²) in [6.07, 6.45) is 15.1. The zero-order chi connectivity index (χ0) is 26.1.